The summed E-state index contributed by atoms with van der Waals surface area (Å²) in [4.78, 5) is 11.5. The topological polar surface area (TPSA) is 29.1 Å². The lowest BCUT2D eigenvalue weighted by molar-refractivity contribution is 0.0933. The van der Waals surface area contributed by atoms with Gasteiger partial charge >= 0.3 is 0 Å². The predicted molar refractivity (Wildman–Crippen MR) is 56.6 cm³/mol. The number of nitrogens with one attached hydrogen (secondary N) is 1. The lowest BCUT2D eigenvalue weighted by Gasteiger charge is -2.12. The fraction of sp³-hybridized carbons (Fsp3) is 0.250. The highest BCUT2D eigenvalue weighted by Gasteiger charge is 2.30. The van der Waals surface area contributed by atoms with Crippen LogP contribution in [0.2, 0.25) is 0 Å². The van der Waals surface area contributed by atoms with Crippen LogP contribution in [0.1, 0.15) is 23.7 Å². The summed E-state index contributed by atoms with van der Waals surface area (Å²) in [5.41, 5.74) is -1.55. The largest absolute Gasteiger partial charge is 0.338 e. The van der Waals surface area contributed by atoms with E-state index in [0.29, 0.717) is 0 Å². The van der Waals surface area contributed by atoms with E-state index in [4.69, 9.17) is 6.42 Å². The van der Waals surface area contributed by atoms with Crippen LogP contribution >= 0.6 is 0 Å². The number of benzene rings is 1. The molecule has 0 aliphatic carbocycles. The molecule has 1 aromatic rings. The Kier molecular flexibility index (Phi) is 4.48. The number of carbonyl (C=O) groups is 1. The maximum atomic E-state index is 13.3. The van der Waals surface area contributed by atoms with Gasteiger partial charge in [-0.15, -0.1) is 6.42 Å². The van der Waals surface area contributed by atoms with Crippen LogP contribution < -0.4 is 5.32 Å². The summed E-state index contributed by atoms with van der Waals surface area (Å²) in [6.07, 6.45) is 5.24. The zero-order valence-electron chi connectivity index (χ0n) is 9.66. The zero-order chi connectivity index (χ0) is 14.7. The molecule has 1 N–H and O–H groups in total. The van der Waals surface area contributed by atoms with E-state index in [2.05, 4.69) is 5.92 Å². The van der Waals surface area contributed by atoms with Crippen LogP contribution in [-0.4, -0.2) is 11.9 Å². The third-order valence-corrected chi connectivity index (χ3v) is 2.35. The summed E-state index contributed by atoms with van der Waals surface area (Å²) in [5, 5.41) is 1.98. The SMILES string of the molecule is C#CC(CC)NC(=O)c1c(F)c(F)c(F)c(F)c1F. The Hall–Kier alpha value is -2.10. The molecule has 0 aliphatic heterocycles. The van der Waals surface area contributed by atoms with Gasteiger partial charge in [-0.25, -0.2) is 22.0 Å². The number of terminal acetylenes is 1. The van der Waals surface area contributed by atoms with Gasteiger partial charge in [-0.3, -0.25) is 4.79 Å². The highest BCUT2D eigenvalue weighted by molar-refractivity contribution is 5.95. The van der Waals surface area contributed by atoms with E-state index in [1.165, 1.54) is 0 Å². The lowest BCUT2D eigenvalue weighted by atomic mass is 10.1. The van der Waals surface area contributed by atoms with Gasteiger partial charge in [-0.1, -0.05) is 12.8 Å². The molecule has 0 saturated carbocycles. The molecule has 0 spiro atoms. The summed E-state index contributed by atoms with van der Waals surface area (Å²) in [5.74, 6) is -10.4. The first-order chi connectivity index (χ1) is 8.84. The zero-order valence-corrected chi connectivity index (χ0v) is 9.66. The van der Waals surface area contributed by atoms with Crippen LogP contribution in [0.3, 0.4) is 0 Å². The molecular formula is C12H8F5NO. The van der Waals surface area contributed by atoms with Crippen LogP contribution in [0, 0.1) is 41.4 Å². The van der Waals surface area contributed by atoms with Gasteiger partial charge in [-0.05, 0) is 6.42 Å². The van der Waals surface area contributed by atoms with E-state index in [9.17, 15) is 26.7 Å². The van der Waals surface area contributed by atoms with Crippen molar-refractivity contribution in [3.63, 3.8) is 0 Å². The molecule has 1 atom stereocenters. The van der Waals surface area contributed by atoms with E-state index in [1.54, 1.807) is 6.92 Å². The molecule has 0 saturated heterocycles. The minimum absolute atomic E-state index is 0.234. The van der Waals surface area contributed by atoms with E-state index in [-0.39, 0.29) is 6.42 Å². The first-order valence-electron chi connectivity index (χ1n) is 5.13. The van der Waals surface area contributed by atoms with Crippen molar-refractivity contribution in [2.24, 2.45) is 0 Å². The second-order valence-corrected chi connectivity index (χ2v) is 3.55. The minimum Gasteiger partial charge on any atom is -0.338 e. The lowest BCUT2D eigenvalue weighted by Crippen LogP contribution is -2.35. The van der Waals surface area contributed by atoms with Crippen molar-refractivity contribution in [3.05, 3.63) is 34.6 Å². The average molecular weight is 277 g/mol. The molecule has 0 heterocycles. The standard InChI is InChI=1S/C12H8F5NO/c1-3-5(4-2)18-12(19)6-7(13)9(15)11(17)10(16)8(6)14/h1,5H,4H2,2H3,(H,18,19). The van der Waals surface area contributed by atoms with Gasteiger partial charge in [0.1, 0.15) is 5.56 Å². The van der Waals surface area contributed by atoms with E-state index in [0.717, 1.165) is 0 Å². The van der Waals surface area contributed by atoms with E-state index < -0.39 is 46.6 Å². The first kappa shape index (κ1) is 15.0. The van der Waals surface area contributed by atoms with Crippen molar-refractivity contribution < 1.29 is 26.7 Å². The molecule has 0 radical (unpaired) electrons. The summed E-state index contributed by atoms with van der Waals surface area (Å²) in [6, 6.07) is -0.873. The second kappa shape index (κ2) is 5.69. The molecule has 2 nitrogen and oxygen atoms in total. The predicted octanol–water partition coefficient (Wildman–Crippen LogP) is 2.52. The average Bonchev–Trinajstić information content (AvgIpc) is 2.40. The van der Waals surface area contributed by atoms with Gasteiger partial charge in [0.25, 0.3) is 5.91 Å². The highest BCUT2D eigenvalue weighted by atomic mass is 19.2. The highest BCUT2D eigenvalue weighted by Crippen LogP contribution is 2.22. The van der Waals surface area contributed by atoms with Gasteiger partial charge < -0.3 is 5.32 Å². The van der Waals surface area contributed by atoms with Crippen LogP contribution in [0.4, 0.5) is 22.0 Å². The van der Waals surface area contributed by atoms with Crippen molar-refractivity contribution in [3.8, 4) is 12.3 Å². The van der Waals surface area contributed by atoms with Crippen molar-refractivity contribution in [1.29, 1.82) is 0 Å². The number of halogens is 5. The van der Waals surface area contributed by atoms with Crippen molar-refractivity contribution in [1.82, 2.24) is 5.32 Å². The Bertz CT molecular complexity index is 535. The fourth-order valence-corrected chi connectivity index (χ4v) is 1.30. The first-order valence-corrected chi connectivity index (χ1v) is 5.13. The summed E-state index contributed by atoms with van der Waals surface area (Å²) in [6.45, 7) is 1.57. The molecule has 1 amide bonds. The number of hydrogen-bond donors (Lipinski definition) is 1. The second-order valence-electron chi connectivity index (χ2n) is 3.55. The summed E-state index contributed by atoms with van der Waals surface area (Å²) >= 11 is 0. The maximum Gasteiger partial charge on any atom is 0.258 e. The monoisotopic (exact) mass is 277 g/mol. The van der Waals surface area contributed by atoms with Crippen molar-refractivity contribution in [2.45, 2.75) is 19.4 Å². The molecule has 1 aromatic carbocycles. The number of carbonyl (C=O) groups excluding carboxylic acids is 1. The Labute approximate surface area is 105 Å². The van der Waals surface area contributed by atoms with Gasteiger partial charge in [0, 0.05) is 0 Å². The molecule has 0 aliphatic rings. The number of hydrogen-bond acceptors (Lipinski definition) is 1. The fourth-order valence-electron chi connectivity index (χ4n) is 1.30. The molecule has 0 bridgehead atoms. The van der Waals surface area contributed by atoms with Crippen LogP contribution in [0.5, 0.6) is 0 Å². The van der Waals surface area contributed by atoms with Gasteiger partial charge in [0.2, 0.25) is 5.82 Å². The van der Waals surface area contributed by atoms with E-state index >= 15 is 0 Å². The van der Waals surface area contributed by atoms with E-state index in [1.807, 2.05) is 5.32 Å². The minimum atomic E-state index is -2.32. The normalized spacial score (nSPS) is 11.8. The third kappa shape index (κ3) is 2.67. The summed E-state index contributed by atoms with van der Waals surface area (Å²) < 4.78 is 65.1. The molecule has 0 fully saturated rings. The van der Waals surface area contributed by atoms with Crippen LogP contribution in [-0.2, 0) is 0 Å². The molecule has 1 rings (SSSR count). The number of amides is 1. The Morgan fingerprint density at radius 3 is 1.89 bits per heavy atom. The van der Waals surface area contributed by atoms with Crippen molar-refractivity contribution in [2.75, 3.05) is 0 Å². The Morgan fingerprint density at radius 1 is 1.11 bits per heavy atom. The molecular weight excluding hydrogens is 269 g/mol. The Morgan fingerprint density at radius 2 is 1.53 bits per heavy atom. The van der Waals surface area contributed by atoms with Crippen LogP contribution in [0.15, 0.2) is 0 Å². The Balaban J connectivity index is 3.29. The molecule has 7 heteroatoms. The quantitative estimate of drug-likeness (QED) is 0.391. The maximum absolute atomic E-state index is 13.3. The molecule has 19 heavy (non-hydrogen) atoms. The third-order valence-electron chi connectivity index (χ3n) is 2.35. The molecule has 102 valence electrons. The van der Waals surface area contributed by atoms with Crippen molar-refractivity contribution >= 4 is 5.91 Å². The van der Waals surface area contributed by atoms with Gasteiger partial charge in [-0.2, -0.15) is 0 Å². The number of rotatable bonds is 3. The van der Waals surface area contributed by atoms with Gasteiger partial charge in [0.15, 0.2) is 23.3 Å². The molecule has 1 unspecified atom stereocenters. The van der Waals surface area contributed by atoms with Gasteiger partial charge in [0.05, 0.1) is 6.04 Å². The molecule has 0 aromatic heterocycles. The van der Waals surface area contributed by atoms with Crippen LogP contribution in [0.25, 0.3) is 0 Å². The summed E-state index contributed by atoms with van der Waals surface area (Å²) in [7, 11) is 0. The smallest absolute Gasteiger partial charge is 0.258 e.